The van der Waals surface area contributed by atoms with Gasteiger partial charge in [-0.05, 0) is 152 Å². The van der Waals surface area contributed by atoms with Gasteiger partial charge in [0.1, 0.15) is 0 Å². The standard InChI is InChI=1S/C64H52N2/c1-3-47-45-57(33-43-63(47)65(59-35-25-53(26-36-59)49-17-9-5-10-18-49)60-37-27-54(28-38-60)50-19-11-6-12-20-50)58-34-44-64(48(4-2)46-58)66(61-39-29-55(30-40-61)51-21-13-7-14-22-51)62-41-31-56(32-42-62)52-23-15-8-16-24-52/h5-46H,3-4H2,1-2H3. The summed E-state index contributed by atoms with van der Waals surface area (Å²) < 4.78 is 0. The molecule has 2 heteroatoms. The van der Waals surface area contributed by atoms with E-state index in [1.54, 1.807) is 0 Å². The molecule has 0 unspecified atom stereocenters. The van der Waals surface area contributed by atoms with Crippen LogP contribution >= 0.6 is 0 Å². The molecule has 66 heavy (non-hydrogen) atoms. The molecule has 0 aliphatic carbocycles. The van der Waals surface area contributed by atoms with Crippen LogP contribution < -0.4 is 9.80 Å². The van der Waals surface area contributed by atoms with Gasteiger partial charge in [-0.2, -0.15) is 0 Å². The molecule has 0 bridgehead atoms. The Bertz CT molecular complexity index is 2760. The molecule has 0 aliphatic rings. The van der Waals surface area contributed by atoms with Gasteiger partial charge in [-0.3, -0.25) is 0 Å². The highest BCUT2D eigenvalue weighted by Gasteiger charge is 2.20. The van der Waals surface area contributed by atoms with E-state index in [0.717, 1.165) is 35.6 Å². The molecule has 0 aliphatic heterocycles. The molecular formula is C64H52N2. The summed E-state index contributed by atoms with van der Waals surface area (Å²) in [6.07, 6.45) is 1.77. The third kappa shape index (κ3) is 8.82. The second-order valence-corrected chi connectivity index (χ2v) is 16.7. The van der Waals surface area contributed by atoms with Crippen molar-refractivity contribution in [3.8, 4) is 55.6 Å². The third-order valence-electron chi connectivity index (χ3n) is 12.7. The maximum Gasteiger partial charge on any atom is 0.0493 e. The molecule has 2 nitrogen and oxygen atoms in total. The summed E-state index contributed by atoms with van der Waals surface area (Å²) in [5.74, 6) is 0. The van der Waals surface area contributed by atoms with Crippen molar-refractivity contribution in [3.63, 3.8) is 0 Å². The Labute approximate surface area is 390 Å². The van der Waals surface area contributed by atoms with Crippen LogP contribution in [0, 0.1) is 0 Å². The normalized spacial score (nSPS) is 11.0. The number of anilines is 6. The fourth-order valence-corrected chi connectivity index (χ4v) is 9.12. The summed E-state index contributed by atoms with van der Waals surface area (Å²) in [4.78, 5) is 4.83. The lowest BCUT2D eigenvalue weighted by atomic mass is 9.96. The smallest absolute Gasteiger partial charge is 0.0493 e. The Balaban J connectivity index is 1.02. The van der Waals surface area contributed by atoms with Gasteiger partial charge in [0.15, 0.2) is 0 Å². The minimum absolute atomic E-state index is 0.883. The minimum Gasteiger partial charge on any atom is -0.310 e. The van der Waals surface area contributed by atoms with E-state index in [1.807, 2.05) is 0 Å². The first-order valence-electron chi connectivity index (χ1n) is 23.1. The highest BCUT2D eigenvalue weighted by atomic mass is 15.1. The van der Waals surface area contributed by atoms with Crippen molar-refractivity contribution in [1.82, 2.24) is 0 Å². The van der Waals surface area contributed by atoms with Crippen LogP contribution in [0.4, 0.5) is 34.1 Å². The Morgan fingerprint density at radius 2 is 0.439 bits per heavy atom. The molecule has 10 aromatic carbocycles. The van der Waals surface area contributed by atoms with Gasteiger partial charge in [0.2, 0.25) is 0 Å². The lowest BCUT2D eigenvalue weighted by Gasteiger charge is -2.29. The van der Waals surface area contributed by atoms with Gasteiger partial charge in [-0.1, -0.05) is 196 Å². The van der Waals surface area contributed by atoms with Gasteiger partial charge in [0.05, 0.1) is 0 Å². The number of benzene rings is 10. The van der Waals surface area contributed by atoms with E-state index in [0.29, 0.717) is 0 Å². The van der Waals surface area contributed by atoms with Crippen molar-refractivity contribution in [2.75, 3.05) is 9.80 Å². The van der Waals surface area contributed by atoms with Crippen molar-refractivity contribution in [3.05, 3.63) is 266 Å². The van der Waals surface area contributed by atoms with Gasteiger partial charge < -0.3 is 9.80 Å². The van der Waals surface area contributed by atoms with Crippen LogP contribution in [0.3, 0.4) is 0 Å². The average molecular weight is 849 g/mol. The van der Waals surface area contributed by atoms with E-state index >= 15 is 0 Å². The largest absolute Gasteiger partial charge is 0.310 e. The maximum atomic E-state index is 2.41. The molecule has 0 heterocycles. The zero-order valence-corrected chi connectivity index (χ0v) is 37.6. The first-order chi connectivity index (χ1) is 32.6. The number of hydrogen-bond donors (Lipinski definition) is 0. The molecule has 10 rings (SSSR count). The highest BCUT2D eigenvalue weighted by molar-refractivity contribution is 5.86. The molecule has 0 N–H and O–H groups in total. The lowest BCUT2D eigenvalue weighted by molar-refractivity contribution is 1.11. The Morgan fingerprint density at radius 1 is 0.227 bits per heavy atom. The summed E-state index contributed by atoms with van der Waals surface area (Å²) in [6, 6.07) is 92.4. The Hall–Kier alpha value is -8.20. The minimum atomic E-state index is 0.883. The zero-order chi connectivity index (χ0) is 44.7. The van der Waals surface area contributed by atoms with Gasteiger partial charge >= 0.3 is 0 Å². The quantitative estimate of drug-likeness (QED) is 0.114. The monoisotopic (exact) mass is 848 g/mol. The average Bonchev–Trinajstić information content (AvgIpc) is 3.41. The second kappa shape index (κ2) is 19.3. The molecule has 0 saturated heterocycles. The van der Waals surface area contributed by atoms with E-state index in [-0.39, 0.29) is 0 Å². The summed E-state index contributed by atoms with van der Waals surface area (Å²) in [7, 11) is 0. The predicted octanol–water partition coefficient (Wildman–Crippen LogP) is 18.1. The first-order valence-corrected chi connectivity index (χ1v) is 23.1. The van der Waals surface area contributed by atoms with Gasteiger partial charge in [-0.25, -0.2) is 0 Å². The fraction of sp³-hybridized carbons (Fsp3) is 0.0625. The van der Waals surface area contributed by atoms with Crippen molar-refractivity contribution in [1.29, 1.82) is 0 Å². The van der Waals surface area contributed by atoms with Crippen molar-refractivity contribution in [2.45, 2.75) is 26.7 Å². The van der Waals surface area contributed by atoms with Crippen LogP contribution in [0.25, 0.3) is 55.6 Å². The first kappa shape index (κ1) is 41.8. The van der Waals surface area contributed by atoms with Crippen molar-refractivity contribution < 1.29 is 0 Å². The van der Waals surface area contributed by atoms with E-state index in [2.05, 4.69) is 278 Å². The SMILES string of the molecule is CCc1cc(-c2ccc(N(c3ccc(-c4ccccc4)cc3)c3ccc(-c4ccccc4)cc3)c(CC)c2)ccc1N(c1ccc(-c2ccccc2)cc1)c1ccc(-c2ccccc2)cc1. The molecule has 318 valence electrons. The van der Waals surface area contributed by atoms with E-state index in [9.17, 15) is 0 Å². The number of aryl methyl sites for hydroxylation is 2. The summed E-state index contributed by atoms with van der Waals surface area (Å²) in [5.41, 5.74) is 21.5. The maximum absolute atomic E-state index is 2.41. The van der Waals surface area contributed by atoms with Gasteiger partial charge in [0, 0.05) is 34.1 Å². The van der Waals surface area contributed by atoms with E-state index in [4.69, 9.17) is 0 Å². The number of hydrogen-bond acceptors (Lipinski definition) is 2. The van der Waals surface area contributed by atoms with E-state index < -0.39 is 0 Å². The zero-order valence-electron chi connectivity index (χ0n) is 37.6. The lowest BCUT2D eigenvalue weighted by Crippen LogP contribution is -2.12. The van der Waals surface area contributed by atoms with Crippen molar-refractivity contribution in [2.24, 2.45) is 0 Å². The van der Waals surface area contributed by atoms with Crippen LogP contribution in [0.5, 0.6) is 0 Å². The van der Waals surface area contributed by atoms with Crippen LogP contribution in [-0.2, 0) is 12.8 Å². The van der Waals surface area contributed by atoms with Crippen LogP contribution in [-0.4, -0.2) is 0 Å². The van der Waals surface area contributed by atoms with Crippen LogP contribution in [0.2, 0.25) is 0 Å². The predicted molar refractivity (Wildman–Crippen MR) is 282 cm³/mol. The molecule has 0 atom stereocenters. The second-order valence-electron chi connectivity index (χ2n) is 16.7. The van der Waals surface area contributed by atoms with E-state index in [1.165, 1.54) is 78.1 Å². The Kier molecular flexibility index (Phi) is 12.2. The molecule has 0 spiro atoms. The topological polar surface area (TPSA) is 6.48 Å². The number of rotatable bonds is 13. The molecular weight excluding hydrogens is 797 g/mol. The molecule has 10 aromatic rings. The van der Waals surface area contributed by atoms with Gasteiger partial charge in [0.25, 0.3) is 0 Å². The summed E-state index contributed by atoms with van der Waals surface area (Å²) in [5, 5.41) is 0. The fourth-order valence-electron chi connectivity index (χ4n) is 9.12. The number of nitrogens with zero attached hydrogens (tertiary/aromatic N) is 2. The molecule has 0 fully saturated rings. The van der Waals surface area contributed by atoms with Crippen LogP contribution in [0.1, 0.15) is 25.0 Å². The van der Waals surface area contributed by atoms with Crippen LogP contribution in [0.15, 0.2) is 255 Å². The molecule has 0 radical (unpaired) electrons. The summed E-state index contributed by atoms with van der Waals surface area (Å²) in [6.45, 7) is 4.53. The highest BCUT2D eigenvalue weighted by Crippen LogP contribution is 2.43. The third-order valence-corrected chi connectivity index (χ3v) is 12.7. The molecule has 0 saturated carbocycles. The molecule has 0 amide bonds. The Morgan fingerprint density at radius 3 is 0.667 bits per heavy atom. The van der Waals surface area contributed by atoms with Gasteiger partial charge in [-0.15, -0.1) is 0 Å². The molecule has 0 aromatic heterocycles. The summed E-state index contributed by atoms with van der Waals surface area (Å²) >= 11 is 0. The van der Waals surface area contributed by atoms with Crippen molar-refractivity contribution >= 4 is 34.1 Å².